The molecule has 0 radical (unpaired) electrons. The Labute approximate surface area is 89.2 Å². The molecule has 0 fully saturated rings. The molecule has 1 rings (SSSR count). The van der Waals surface area contributed by atoms with Gasteiger partial charge in [-0.25, -0.2) is 4.18 Å². The first-order chi connectivity index (χ1) is 6.95. The standard InChI is InChI=1S/C10H11NO3S/c1-8-3-5-10(6-4-8)15(12,13)14-9(2)7-11/h3-6,9H,1-2H3/t9-/m0/s1. The monoisotopic (exact) mass is 225 g/mol. The number of hydrogen-bond donors (Lipinski definition) is 0. The van der Waals surface area contributed by atoms with Gasteiger partial charge in [0, 0.05) is 0 Å². The van der Waals surface area contributed by atoms with Crippen LogP contribution in [0.4, 0.5) is 0 Å². The van der Waals surface area contributed by atoms with Crippen molar-refractivity contribution in [3.05, 3.63) is 29.8 Å². The number of nitrogens with zero attached hydrogens (tertiary/aromatic N) is 1. The third kappa shape index (κ3) is 3.05. The van der Waals surface area contributed by atoms with Crippen molar-refractivity contribution in [3.8, 4) is 6.07 Å². The summed E-state index contributed by atoms with van der Waals surface area (Å²) < 4.78 is 27.7. The van der Waals surface area contributed by atoms with Gasteiger partial charge in [-0.3, -0.25) is 0 Å². The first kappa shape index (κ1) is 11.7. The molecule has 0 heterocycles. The third-order valence-electron chi connectivity index (χ3n) is 1.76. The van der Waals surface area contributed by atoms with E-state index in [-0.39, 0.29) is 4.90 Å². The van der Waals surface area contributed by atoms with Crippen molar-refractivity contribution in [3.63, 3.8) is 0 Å². The molecule has 0 saturated carbocycles. The van der Waals surface area contributed by atoms with Gasteiger partial charge in [0.25, 0.3) is 10.1 Å². The average Bonchev–Trinajstić information content (AvgIpc) is 2.17. The van der Waals surface area contributed by atoms with Gasteiger partial charge in [0.05, 0.1) is 11.0 Å². The lowest BCUT2D eigenvalue weighted by Crippen LogP contribution is -2.13. The molecule has 0 aliphatic rings. The Morgan fingerprint density at radius 1 is 1.33 bits per heavy atom. The van der Waals surface area contributed by atoms with E-state index < -0.39 is 16.2 Å². The Balaban J connectivity index is 2.98. The minimum absolute atomic E-state index is 0.0650. The molecule has 15 heavy (non-hydrogen) atoms. The van der Waals surface area contributed by atoms with Crippen LogP contribution in [0.2, 0.25) is 0 Å². The number of nitriles is 1. The number of hydrogen-bond acceptors (Lipinski definition) is 4. The van der Waals surface area contributed by atoms with Crippen LogP contribution in [-0.2, 0) is 14.3 Å². The third-order valence-corrected chi connectivity index (χ3v) is 3.15. The molecule has 4 nitrogen and oxygen atoms in total. The summed E-state index contributed by atoms with van der Waals surface area (Å²) in [6.45, 7) is 3.24. The van der Waals surface area contributed by atoms with E-state index in [1.54, 1.807) is 18.2 Å². The topological polar surface area (TPSA) is 67.2 Å². The zero-order chi connectivity index (χ0) is 11.5. The van der Waals surface area contributed by atoms with E-state index in [1.165, 1.54) is 19.1 Å². The molecule has 0 saturated heterocycles. The van der Waals surface area contributed by atoms with Crippen molar-refractivity contribution < 1.29 is 12.6 Å². The van der Waals surface area contributed by atoms with Gasteiger partial charge in [0.15, 0.2) is 6.10 Å². The van der Waals surface area contributed by atoms with Gasteiger partial charge < -0.3 is 0 Å². The summed E-state index contributed by atoms with van der Waals surface area (Å²) in [6.07, 6.45) is -0.976. The fraction of sp³-hybridized carbons (Fsp3) is 0.300. The van der Waals surface area contributed by atoms with Gasteiger partial charge in [-0.15, -0.1) is 0 Å². The fourth-order valence-corrected chi connectivity index (χ4v) is 1.98. The van der Waals surface area contributed by atoms with Crippen LogP contribution in [0.3, 0.4) is 0 Å². The number of rotatable bonds is 3. The first-order valence-corrected chi connectivity index (χ1v) is 5.76. The van der Waals surface area contributed by atoms with Crippen LogP contribution < -0.4 is 0 Å². The minimum Gasteiger partial charge on any atom is -0.248 e. The predicted octanol–water partition coefficient (Wildman–Crippen LogP) is 1.61. The molecule has 80 valence electrons. The Morgan fingerprint density at radius 2 is 1.87 bits per heavy atom. The molecule has 1 atom stereocenters. The van der Waals surface area contributed by atoms with Gasteiger partial charge in [0.1, 0.15) is 0 Å². The van der Waals surface area contributed by atoms with Crippen molar-refractivity contribution >= 4 is 10.1 Å². The highest BCUT2D eigenvalue weighted by Gasteiger charge is 2.18. The highest BCUT2D eigenvalue weighted by molar-refractivity contribution is 7.86. The number of benzene rings is 1. The summed E-state index contributed by atoms with van der Waals surface area (Å²) in [5.74, 6) is 0. The molecule has 0 aliphatic heterocycles. The maximum atomic E-state index is 11.5. The molecule has 1 aromatic rings. The molecule has 0 bridgehead atoms. The van der Waals surface area contributed by atoms with Gasteiger partial charge in [-0.1, -0.05) is 17.7 Å². The molecule has 0 unspecified atom stereocenters. The van der Waals surface area contributed by atoms with Crippen molar-refractivity contribution in [1.82, 2.24) is 0 Å². The largest absolute Gasteiger partial charge is 0.298 e. The molecule has 1 aromatic carbocycles. The van der Waals surface area contributed by atoms with Crippen molar-refractivity contribution in [2.45, 2.75) is 24.8 Å². The van der Waals surface area contributed by atoms with Crippen LogP contribution >= 0.6 is 0 Å². The van der Waals surface area contributed by atoms with E-state index in [9.17, 15) is 8.42 Å². The van der Waals surface area contributed by atoms with Crippen LogP contribution in [0, 0.1) is 18.3 Å². The van der Waals surface area contributed by atoms with Crippen molar-refractivity contribution in [2.75, 3.05) is 0 Å². The molecular weight excluding hydrogens is 214 g/mol. The highest BCUT2D eigenvalue weighted by atomic mass is 32.2. The fourth-order valence-electron chi connectivity index (χ4n) is 0.972. The molecule has 0 amide bonds. The Bertz CT molecular complexity index is 470. The Kier molecular flexibility index (Phi) is 3.45. The van der Waals surface area contributed by atoms with E-state index in [2.05, 4.69) is 4.18 Å². The van der Waals surface area contributed by atoms with E-state index in [4.69, 9.17) is 5.26 Å². The first-order valence-electron chi connectivity index (χ1n) is 4.35. The SMILES string of the molecule is Cc1ccc(S(=O)(=O)O[C@@H](C)C#N)cc1. The maximum absolute atomic E-state index is 11.5. The molecule has 5 heteroatoms. The van der Waals surface area contributed by atoms with Gasteiger partial charge in [0.2, 0.25) is 0 Å². The Morgan fingerprint density at radius 3 is 2.33 bits per heavy atom. The normalized spacial score (nSPS) is 13.1. The number of aryl methyl sites for hydroxylation is 1. The summed E-state index contributed by atoms with van der Waals surface area (Å²) in [5, 5.41) is 8.45. The second kappa shape index (κ2) is 4.43. The lowest BCUT2D eigenvalue weighted by Gasteiger charge is -2.06. The van der Waals surface area contributed by atoms with E-state index in [0.717, 1.165) is 5.56 Å². The van der Waals surface area contributed by atoms with E-state index in [0.29, 0.717) is 0 Å². The summed E-state index contributed by atoms with van der Waals surface area (Å²) in [5.41, 5.74) is 0.960. The molecule has 0 spiro atoms. The zero-order valence-corrected chi connectivity index (χ0v) is 9.28. The smallest absolute Gasteiger partial charge is 0.248 e. The molecule has 0 aliphatic carbocycles. The van der Waals surface area contributed by atoms with Crippen LogP contribution in [0.15, 0.2) is 29.2 Å². The minimum atomic E-state index is -3.81. The van der Waals surface area contributed by atoms with E-state index >= 15 is 0 Å². The van der Waals surface area contributed by atoms with Gasteiger partial charge in [-0.05, 0) is 26.0 Å². The van der Waals surface area contributed by atoms with Crippen LogP contribution in [0.1, 0.15) is 12.5 Å². The second-order valence-electron chi connectivity index (χ2n) is 3.13. The lowest BCUT2D eigenvalue weighted by atomic mass is 10.2. The Hall–Kier alpha value is -1.38. The van der Waals surface area contributed by atoms with Crippen LogP contribution in [-0.4, -0.2) is 14.5 Å². The highest BCUT2D eigenvalue weighted by Crippen LogP contribution is 2.14. The summed E-state index contributed by atoms with van der Waals surface area (Å²) in [4.78, 5) is 0.0650. The van der Waals surface area contributed by atoms with Gasteiger partial charge >= 0.3 is 0 Å². The molecular formula is C10H11NO3S. The summed E-state index contributed by atoms with van der Waals surface area (Å²) in [6, 6.07) is 7.95. The second-order valence-corrected chi connectivity index (χ2v) is 4.71. The van der Waals surface area contributed by atoms with E-state index in [1.807, 2.05) is 6.92 Å². The average molecular weight is 225 g/mol. The van der Waals surface area contributed by atoms with Crippen molar-refractivity contribution in [1.29, 1.82) is 5.26 Å². The summed E-state index contributed by atoms with van der Waals surface area (Å²) >= 11 is 0. The van der Waals surface area contributed by atoms with Crippen molar-refractivity contribution in [2.24, 2.45) is 0 Å². The van der Waals surface area contributed by atoms with Gasteiger partial charge in [-0.2, -0.15) is 13.7 Å². The van der Waals surface area contributed by atoms with Crippen LogP contribution in [0.5, 0.6) is 0 Å². The predicted molar refractivity (Wildman–Crippen MR) is 54.5 cm³/mol. The van der Waals surface area contributed by atoms with Crippen LogP contribution in [0.25, 0.3) is 0 Å². The molecule has 0 N–H and O–H groups in total. The molecule has 0 aromatic heterocycles. The quantitative estimate of drug-likeness (QED) is 0.733. The maximum Gasteiger partial charge on any atom is 0.298 e. The summed E-state index contributed by atoms with van der Waals surface area (Å²) in [7, 11) is -3.81. The lowest BCUT2D eigenvalue weighted by molar-refractivity contribution is 0.281. The zero-order valence-electron chi connectivity index (χ0n) is 8.47.